The first-order chi connectivity index (χ1) is 36.1. The summed E-state index contributed by atoms with van der Waals surface area (Å²) < 4.78 is 9.93. The number of esters is 1. The van der Waals surface area contributed by atoms with Crippen LogP contribution in [0, 0.1) is 6.92 Å². The number of piperazine rings is 1. The maximum Gasteiger partial charge on any atom is 0.318 e. The third kappa shape index (κ3) is 10.0. The van der Waals surface area contributed by atoms with Gasteiger partial charge in [0, 0.05) is 68.1 Å². The smallest absolute Gasteiger partial charge is 0.318 e. The fraction of sp³-hybridized carbons (Fsp3) is 0.492. The average molecular weight is 999 g/mol. The molecule has 13 nitrogen and oxygen atoms in total. The second-order valence-electron chi connectivity index (χ2n) is 22.5. The standard InChI is InChI=1S/C61H74N8O5/c1-44-37-45(38-48-41-62-69(55(44)48)42-60(25-11-12-26-60)49-16-5-3-6-17-49)39-53(57(71)66-35-33-65(34-36-66)51-23-29-64(2)30-24-51)63-59(73)67-31-21-46(22-32-67)52-40-47-15-9-10-20-54(47)68(56(52)70)43-74-58(72)61(27-13-14-28-61)50-18-7-4-8-19-50/h3-10,15-20,37-38,40-41,46,51,53H,11-14,21-36,39,42-43H2,1-2H3,(H,63,73)/t53-/m1/s1. The summed E-state index contributed by atoms with van der Waals surface area (Å²) in [5.41, 5.74) is 6.11. The molecule has 11 rings (SSSR count). The Hall–Kier alpha value is -6.31. The van der Waals surface area contributed by atoms with E-state index in [0.29, 0.717) is 62.6 Å². The molecule has 1 N–H and O–H groups in total. The highest BCUT2D eigenvalue weighted by atomic mass is 16.5. The van der Waals surface area contributed by atoms with E-state index in [0.717, 1.165) is 117 Å². The zero-order chi connectivity index (χ0) is 50.8. The Morgan fingerprint density at radius 1 is 0.716 bits per heavy atom. The van der Waals surface area contributed by atoms with Crippen LogP contribution < -0.4 is 10.9 Å². The van der Waals surface area contributed by atoms with E-state index in [1.807, 2.05) is 76.7 Å². The van der Waals surface area contributed by atoms with E-state index < -0.39 is 11.5 Å². The molecule has 0 radical (unpaired) electrons. The minimum Gasteiger partial charge on any atom is -0.443 e. The van der Waals surface area contributed by atoms with Crippen LogP contribution in [-0.4, -0.2) is 123 Å². The molecule has 2 aliphatic carbocycles. The first kappa shape index (κ1) is 49.9. The Kier molecular flexibility index (Phi) is 14.5. The zero-order valence-electron chi connectivity index (χ0n) is 43.6. The number of ether oxygens (including phenoxy) is 1. The van der Waals surface area contributed by atoms with E-state index >= 15 is 0 Å². The topological polar surface area (TPSA) is 125 Å². The number of nitrogens with one attached hydrogen (secondary N) is 1. The molecular formula is C61H74N8O5. The third-order valence-electron chi connectivity index (χ3n) is 18.0. The fourth-order valence-electron chi connectivity index (χ4n) is 13.8. The number of para-hydroxylation sites is 1. The highest BCUT2D eigenvalue weighted by Gasteiger charge is 2.44. The number of rotatable bonds is 13. The number of likely N-dealkylation sites (tertiary alicyclic amines) is 2. The molecule has 3 saturated heterocycles. The van der Waals surface area contributed by atoms with Crippen molar-refractivity contribution in [2.45, 2.75) is 133 Å². The van der Waals surface area contributed by atoms with Gasteiger partial charge in [-0.1, -0.05) is 111 Å². The molecule has 2 saturated carbocycles. The number of urea groups is 1. The Balaban J connectivity index is 0.798. The highest BCUT2D eigenvalue weighted by molar-refractivity contribution is 5.89. The number of nitrogens with zero attached hydrogens (tertiary/aromatic N) is 7. The molecule has 4 aromatic carbocycles. The normalized spacial score (nSPS) is 20.3. The van der Waals surface area contributed by atoms with Gasteiger partial charge in [0.05, 0.1) is 29.2 Å². The van der Waals surface area contributed by atoms with Crippen LogP contribution in [0.5, 0.6) is 0 Å². The zero-order valence-corrected chi connectivity index (χ0v) is 43.6. The number of aryl methyl sites for hydroxylation is 1. The van der Waals surface area contributed by atoms with Crippen molar-refractivity contribution in [3.05, 3.63) is 147 Å². The summed E-state index contributed by atoms with van der Waals surface area (Å²) in [7, 11) is 2.19. The van der Waals surface area contributed by atoms with E-state index in [4.69, 9.17) is 9.84 Å². The number of pyridine rings is 1. The van der Waals surface area contributed by atoms with Crippen LogP contribution in [0.4, 0.5) is 4.79 Å². The van der Waals surface area contributed by atoms with Gasteiger partial charge in [0.2, 0.25) is 5.91 Å². The van der Waals surface area contributed by atoms with Crippen LogP contribution in [0.15, 0.2) is 114 Å². The molecule has 5 fully saturated rings. The van der Waals surface area contributed by atoms with Crippen LogP contribution in [0.2, 0.25) is 0 Å². The molecule has 0 spiro atoms. The third-order valence-corrected chi connectivity index (χ3v) is 18.0. The van der Waals surface area contributed by atoms with E-state index in [2.05, 4.69) is 76.2 Å². The second-order valence-corrected chi connectivity index (χ2v) is 22.5. The van der Waals surface area contributed by atoms with Gasteiger partial charge in [0.25, 0.3) is 5.56 Å². The first-order valence-electron chi connectivity index (χ1n) is 27.7. The number of carbonyl (C=O) groups is 3. The summed E-state index contributed by atoms with van der Waals surface area (Å²) in [5.74, 6) is -0.434. The SMILES string of the molecule is Cc1cc(C[C@@H](NC(=O)N2CCC(c3cc4ccccc4n(COC(=O)C4(c5ccccc5)CCCC4)c3=O)CC2)C(=O)N2CCN(C3CCN(C)CC3)CC2)cc2cnn(CC3(c4ccccc4)CCCC3)c12. The van der Waals surface area contributed by atoms with Crippen molar-refractivity contribution >= 4 is 39.7 Å². The summed E-state index contributed by atoms with van der Waals surface area (Å²) in [6, 6.07) is 34.4. The van der Waals surface area contributed by atoms with Crippen molar-refractivity contribution < 1.29 is 19.1 Å². The van der Waals surface area contributed by atoms with Gasteiger partial charge in [-0.15, -0.1) is 0 Å². The molecule has 74 heavy (non-hydrogen) atoms. The van der Waals surface area contributed by atoms with Crippen molar-refractivity contribution in [1.29, 1.82) is 0 Å². The van der Waals surface area contributed by atoms with Gasteiger partial charge in [-0.05, 0) is 130 Å². The maximum atomic E-state index is 14.8. The predicted octanol–water partition coefficient (Wildman–Crippen LogP) is 8.92. The van der Waals surface area contributed by atoms with Gasteiger partial charge in [-0.2, -0.15) is 5.10 Å². The second kappa shape index (κ2) is 21.5. The van der Waals surface area contributed by atoms with Gasteiger partial charge in [0.1, 0.15) is 6.04 Å². The molecule has 2 aromatic heterocycles. The fourth-order valence-corrected chi connectivity index (χ4v) is 13.8. The quantitative estimate of drug-likeness (QED) is 0.114. The lowest BCUT2D eigenvalue weighted by Crippen LogP contribution is -2.59. The van der Waals surface area contributed by atoms with Gasteiger partial charge < -0.3 is 24.8 Å². The Labute approximate surface area is 435 Å². The lowest BCUT2D eigenvalue weighted by atomic mass is 9.79. The van der Waals surface area contributed by atoms with Crippen molar-refractivity contribution in [3.8, 4) is 0 Å². The average Bonchev–Trinajstić information content (AvgIpc) is 4.24. The van der Waals surface area contributed by atoms with Crippen molar-refractivity contribution in [1.82, 2.24) is 39.3 Å². The predicted molar refractivity (Wildman–Crippen MR) is 290 cm³/mol. The number of carbonyl (C=O) groups excluding carboxylic acids is 3. The van der Waals surface area contributed by atoms with Gasteiger partial charge >= 0.3 is 12.0 Å². The minimum atomic E-state index is -0.762. The molecule has 5 heterocycles. The van der Waals surface area contributed by atoms with Crippen LogP contribution in [-0.2, 0) is 44.9 Å². The molecular weight excluding hydrogens is 925 g/mol. The van der Waals surface area contributed by atoms with Crippen LogP contribution in [0.25, 0.3) is 21.8 Å². The number of hydrogen-bond acceptors (Lipinski definition) is 8. The summed E-state index contributed by atoms with van der Waals surface area (Å²) in [6.45, 7) is 8.77. The van der Waals surface area contributed by atoms with Gasteiger partial charge in [-0.3, -0.25) is 28.5 Å². The Morgan fingerprint density at radius 3 is 2.07 bits per heavy atom. The van der Waals surface area contributed by atoms with E-state index in [1.54, 1.807) is 4.57 Å². The molecule has 3 aliphatic heterocycles. The molecule has 13 heteroatoms. The van der Waals surface area contributed by atoms with Crippen LogP contribution >= 0.6 is 0 Å². The number of hydrogen-bond donors (Lipinski definition) is 1. The van der Waals surface area contributed by atoms with E-state index in [9.17, 15) is 19.2 Å². The molecule has 6 aromatic rings. The number of piperidine rings is 2. The summed E-state index contributed by atoms with van der Waals surface area (Å²) in [6.07, 6.45) is 13.8. The Bertz CT molecular complexity index is 3010. The van der Waals surface area contributed by atoms with Crippen molar-refractivity contribution in [2.75, 3.05) is 59.4 Å². The first-order valence-corrected chi connectivity index (χ1v) is 27.7. The van der Waals surface area contributed by atoms with Crippen molar-refractivity contribution in [3.63, 3.8) is 0 Å². The number of benzene rings is 4. The molecule has 3 amide bonds. The molecule has 0 bridgehead atoms. The van der Waals surface area contributed by atoms with E-state index in [1.165, 1.54) is 18.4 Å². The number of aromatic nitrogens is 3. The molecule has 1 atom stereocenters. The Morgan fingerprint density at radius 2 is 1.36 bits per heavy atom. The maximum absolute atomic E-state index is 14.8. The molecule has 5 aliphatic rings. The highest BCUT2D eigenvalue weighted by Crippen LogP contribution is 2.44. The number of amides is 3. The van der Waals surface area contributed by atoms with Crippen LogP contribution in [0.1, 0.15) is 111 Å². The van der Waals surface area contributed by atoms with E-state index in [-0.39, 0.29) is 41.5 Å². The monoisotopic (exact) mass is 999 g/mol. The largest absolute Gasteiger partial charge is 0.443 e. The van der Waals surface area contributed by atoms with Gasteiger partial charge in [-0.25, -0.2) is 4.79 Å². The summed E-state index contributed by atoms with van der Waals surface area (Å²) >= 11 is 0. The van der Waals surface area contributed by atoms with Gasteiger partial charge in [0.15, 0.2) is 6.73 Å². The summed E-state index contributed by atoms with van der Waals surface area (Å²) in [4.78, 5) is 66.6. The lowest BCUT2D eigenvalue weighted by molar-refractivity contribution is -0.154. The molecule has 0 unspecified atom stereocenters. The number of fused-ring (bicyclic) bond motifs is 2. The van der Waals surface area contributed by atoms with Crippen molar-refractivity contribution in [2.24, 2.45) is 0 Å². The summed E-state index contributed by atoms with van der Waals surface area (Å²) in [5, 5.41) is 10.2. The van der Waals surface area contributed by atoms with Crippen LogP contribution in [0.3, 0.4) is 0 Å². The molecule has 388 valence electrons. The minimum absolute atomic E-state index is 0.0456. The lowest BCUT2D eigenvalue weighted by Gasteiger charge is -2.43.